The second-order valence-electron chi connectivity index (χ2n) is 11.2. The summed E-state index contributed by atoms with van der Waals surface area (Å²) in [5.74, 6) is 1.40. The molecule has 7 nitrogen and oxygen atoms in total. The molecular weight excluding hydrogens is 476 g/mol. The zero-order valence-electron chi connectivity index (χ0n) is 22.3. The molecule has 3 aromatic rings. The summed E-state index contributed by atoms with van der Waals surface area (Å²) in [5, 5.41) is 4.50. The van der Waals surface area contributed by atoms with Crippen molar-refractivity contribution in [1.82, 2.24) is 20.1 Å². The Labute approximate surface area is 225 Å². The van der Waals surface area contributed by atoms with Gasteiger partial charge in [-0.25, -0.2) is 0 Å². The lowest BCUT2D eigenvalue weighted by Gasteiger charge is -2.37. The molecule has 1 aliphatic carbocycles. The van der Waals surface area contributed by atoms with Crippen molar-refractivity contribution in [2.24, 2.45) is 11.8 Å². The predicted molar refractivity (Wildman–Crippen MR) is 149 cm³/mol. The van der Waals surface area contributed by atoms with Gasteiger partial charge in [-0.3, -0.25) is 14.6 Å². The topological polar surface area (TPSA) is 69.8 Å². The fourth-order valence-electron chi connectivity index (χ4n) is 6.40. The van der Waals surface area contributed by atoms with E-state index in [1.54, 1.807) is 0 Å². The Balaban J connectivity index is 1.10. The van der Waals surface area contributed by atoms with Crippen LogP contribution in [0.5, 0.6) is 5.75 Å². The van der Waals surface area contributed by atoms with Gasteiger partial charge >= 0.3 is 0 Å². The molecule has 1 aromatic heterocycles. The Morgan fingerprint density at radius 1 is 1.05 bits per heavy atom. The van der Waals surface area contributed by atoms with Gasteiger partial charge < -0.3 is 19.8 Å². The highest BCUT2D eigenvalue weighted by Crippen LogP contribution is 2.29. The Hall–Kier alpha value is -2.87. The lowest BCUT2D eigenvalue weighted by molar-refractivity contribution is -0.127. The van der Waals surface area contributed by atoms with Crippen LogP contribution in [0.2, 0.25) is 0 Å². The van der Waals surface area contributed by atoms with Crippen LogP contribution in [0, 0.1) is 11.8 Å². The van der Waals surface area contributed by atoms with Gasteiger partial charge in [-0.05, 0) is 60.6 Å². The van der Waals surface area contributed by atoms with E-state index in [1.807, 2.05) is 0 Å². The van der Waals surface area contributed by atoms with Gasteiger partial charge in [0.05, 0.1) is 25.7 Å². The number of nitrogens with zero attached hydrogens (tertiary/aromatic N) is 2. The van der Waals surface area contributed by atoms with E-state index in [0.717, 1.165) is 76.6 Å². The number of para-hydroxylation sites is 1. The summed E-state index contributed by atoms with van der Waals surface area (Å²) in [7, 11) is 0. The molecule has 0 unspecified atom stereocenters. The molecule has 0 radical (unpaired) electrons. The van der Waals surface area contributed by atoms with Crippen LogP contribution in [0.25, 0.3) is 10.9 Å². The van der Waals surface area contributed by atoms with Gasteiger partial charge in [-0.1, -0.05) is 24.3 Å². The Kier molecular flexibility index (Phi) is 7.95. The molecule has 2 aliphatic heterocycles. The number of H-pyrrole nitrogens is 1. The molecule has 0 bridgehead atoms. The number of rotatable bonds is 9. The Bertz CT molecular complexity index is 1230. The van der Waals surface area contributed by atoms with Gasteiger partial charge in [0.15, 0.2) is 0 Å². The minimum absolute atomic E-state index is 0.0349. The third-order valence-electron chi connectivity index (χ3n) is 8.44. The maximum Gasteiger partial charge on any atom is 0.224 e. The van der Waals surface area contributed by atoms with E-state index in [-0.39, 0.29) is 11.8 Å². The average Bonchev–Trinajstić information content (AvgIpc) is 3.59. The first-order valence-corrected chi connectivity index (χ1v) is 14.3. The predicted octanol–water partition coefficient (Wildman–Crippen LogP) is 3.62. The lowest BCUT2D eigenvalue weighted by Crippen LogP contribution is -2.48. The fourth-order valence-corrected chi connectivity index (χ4v) is 6.40. The van der Waals surface area contributed by atoms with E-state index in [9.17, 15) is 4.79 Å². The van der Waals surface area contributed by atoms with Gasteiger partial charge in [0.2, 0.25) is 5.91 Å². The number of carbonyl (C=O) groups excluding carboxylic acids is 1. The minimum atomic E-state index is -0.0349. The van der Waals surface area contributed by atoms with Crippen LogP contribution in [0.4, 0.5) is 0 Å². The molecule has 2 aromatic carbocycles. The van der Waals surface area contributed by atoms with Gasteiger partial charge in [0, 0.05) is 68.8 Å². The van der Waals surface area contributed by atoms with Gasteiger partial charge in [-0.2, -0.15) is 0 Å². The molecule has 1 amide bonds. The highest BCUT2D eigenvalue weighted by molar-refractivity contribution is 5.83. The number of likely N-dealkylation sites (tertiary alicyclic amines) is 1. The van der Waals surface area contributed by atoms with Gasteiger partial charge in [0.1, 0.15) is 5.75 Å². The van der Waals surface area contributed by atoms with E-state index in [0.29, 0.717) is 19.1 Å². The van der Waals surface area contributed by atoms with Crippen molar-refractivity contribution in [1.29, 1.82) is 0 Å². The van der Waals surface area contributed by atoms with Crippen molar-refractivity contribution in [3.8, 4) is 5.75 Å². The highest BCUT2D eigenvalue weighted by atomic mass is 16.5. The summed E-state index contributed by atoms with van der Waals surface area (Å²) in [6, 6.07) is 15.0. The molecule has 38 heavy (non-hydrogen) atoms. The summed E-state index contributed by atoms with van der Waals surface area (Å²) in [6.45, 7) is 8.20. The summed E-state index contributed by atoms with van der Waals surface area (Å²) in [5.41, 5.74) is 5.35. The Morgan fingerprint density at radius 3 is 2.84 bits per heavy atom. The van der Waals surface area contributed by atoms with Crippen LogP contribution in [0.15, 0.2) is 48.7 Å². The summed E-state index contributed by atoms with van der Waals surface area (Å²) >= 11 is 0. The molecule has 2 fully saturated rings. The fraction of sp³-hybridized carbons (Fsp3) is 0.516. The molecule has 0 spiro atoms. The largest absolute Gasteiger partial charge is 0.493 e. The summed E-state index contributed by atoms with van der Waals surface area (Å²) < 4.78 is 11.8. The number of aromatic nitrogens is 1. The number of carbonyl (C=O) groups is 1. The van der Waals surface area contributed by atoms with Crippen LogP contribution >= 0.6 is 0 Å². The quantitative estimate of drug-likeness (QED) is 0.455. The number of hydrogen-bond acceptors (Lipinski definition) is 5. The number of aryl methyl sites for hydroxylation is 2. The normalized spacial score (nSPS) is 22.4. The molecule has 6 rings (SSSR count). The van der Waals surface area contributed by atoms with Crippen LogP contribution in [0.3, 0.4) is 0 Å². The molecule has 3 heterocycles. The number of amides is 1. The molecule has 0 saturated carbocycles. The lowest BCUT2D eigenvalue weighted by atomic mass is 9.88. The maximum absolute atomic E-state index is 13.3. The highest BCUT2D eigenvalue weighted by Gasteiger charge is 2.32. The minimum Gasteiger partial charge on any atom is -0.493 e. The third-order valence-corrected chi connectivity index (χ3v) is 8.44. The van der Waals surface area contributed by atoms with E-state index < -0.39 is 0 Å². The van der Waals surface area contributed by atoms with Crippen molar-refractivity contribution in [2.75, 3.05) is 59.1 Å². The summed E-state index contributed by atoms with van der Waals surface area (Å²) in [6.07, 6.45) is 6.56. The van der Waals surface area contributed by atoms with Crippen LogP contribution < -0.4 is 10.1 Å². The van der Waals surface area contributed by atoms with Crippen LogP contribution in [-0.2, 0) is 28.9 Å². The van der Waals surface area contributed by atoms with Crippen molar-refractivity contribution in [3.05, 3.63) is 65.4 Å². The first-order chi connectivity index (χ1) is 18.7. The van der Waals surface area contributed by atoms with Gasteiger partial charge in [0.25, 0.3) is 0 Å². The first kappa shape index (κ1) is 25.4. The molecular formula is C31H40N4O3. The van der Waals surface area contributed by atoms with Crippen LogP contribution in [-0.4, -0.2) is 79.8 Å². The van der Waals surface area contributed by atoms with Crippen molar-refractivity contribution < 1.29 is 14.3 Å². The van der Waals surface area contributed by atoms with Crippen LogP contribution in [0.1, 0.15) is 29.5 Å². The number of nitrogens with one attached hydrogen (secondary N) is 2. The zero-order chi connectivity index (χ0) is 25.7. The zero-order valence-corrected chi connectivity index (χ0v) is 22.3. The van der Waals surface area contributed by atoms with E-state index in [2.05, 4.69) is 68.8 Å². The second-order valence-corrected chi connectivity index (χ2v) is 11.2. The molecule has 2 atom stereocenters. The van der Waals surface area contributed by atoms with Crippen molar-refractivity contribution in [2.45, 2.75) is 32.2 Å². The molecule has 3 aliphatic rings. The van der Waals surface area contributed by atoms with Gasteiger partial charge in [-0.15, -0.1) is 0 Å². The SMILES string of the molecule is O=C(NCCN1CCOCC1)[C@@H]1C[C@H](COc2ccc3c(c2)CCC3)CN(Cc2c[nH]c3ccccc23)C1. The number of morpholine rings is 1. The van der Waals surface area contributed by atoms with Crippen molar-refractivity contribution >= 4 is 16.8 Å². The Morgan fingerprint density at radius 2 is 1.92 bits per heavy atom. The summed E-state index contributed by atoms with van der Waals surface area (Å²) in [4.78, 5) is 21.5. The molecule has 2 saturated heterocycles. The molecule has 7 heteroatoms. The number of hydrogen-bond donors (Lipinski definition) is 2. The maximum atomic E-state index is 13.3. The number of aromatic amines is 1. The standard InChI is InChI=1S/C31H40N4O3/c36-31(32-10-11-34-12-14-37-15-13-34)26-16-23(22-38-28-9-8-24-4-3-5-25(24)17-28)19-35(20-26)21-27-18-33-30-7-2-1-6-29(27)30/h1-2,6-9,17-18,23,26,33H,3-5,10-16,19-22H2,(H,32,36)/t23-,26+/m0/s1. The average molecular weight is 517 g/mol. The number of fused-ring (bicyclic) bond motifs is 2. The first-order valence-electron chi connectivity index (χ1n) is 14.3. The molecule has 2 N–H and O–H groups in total. The number of ether oxygens (including phenoxy) is 2. The van der Waals surface area contributed by atoms with E-state index in [1.165, 1.54) is 34.9 Å². The number of piperidine rings is 1. The number of benzene rings is 2. The van der Waals surface area contributed by atoms with Crippen molar-refractivity contribution in [3.63, 3.8) is 0 Å². The molecule has 202 valence electrons. The third kappa shape index (κ3) is 6.06. The van der Waals surface area contributed by atoms with E-state index >= 15 is 0 Å². The smallest absolute Gasteiger partial charge is 0.224 e. The van der Waals surface area contributed by atoms with E-state index in [4.69, 9.17) is 9.47 Å². The second kappa shape index (κ2) is 11.9. The monoisotopic (exact) mass is 516 g/mol.